The molecule has 1 amide bonds. The summed E-state index contributed by atoms with van der Waals surface area (Å²) in [5, 5.41) is 4.35. The molecule has 1 atom stereocenters. The Kier molecular flexibility index (Phi) is 6.15. The first kappa shape index (κ1) is 22.2. The van der Waals surface area contributed by atoms with Crippen LogP contribution in [-0.2, 0) is 20.4 Å². The van der Waals surface area contributed by atoms with E-state index in [1.165, 1.54) is 0 Å². The molecular formula is C22H26ClN3O3S. The standard InChI is InChI=1S/C22H26ClN3O3S/c1-5-22(21(27)24-15(2)3,16-9-11-17(23)12-10-16)26-14-13-18-19(25-30(4,28)29)7-6-8-20(18)26/h6-15,25H,5H2,1-4H3,(H,24,27)/t22-/m1/s1. The van der Waals surface area contributed by atoms with Gasteiger partial charge in [-0.2, -0.15) is 0 Å². The van der Waals surface area contributed by atoms with Crippen molar-refractivity contribution in [2.24, 2.45) is 0 Å². The molecule has 8 heteroatoms. The molecule has 0 saturated heterocycles. The van der Waals surface area contributed by atoms with Gasteiger partial charge in [0.05, 0.1) is 17.5 Å². The molecule has 0 fully saturated rings. The molecule has 3 rings (SSSR count). The molecule has 2 aromatic carbocycles. The Balaban J connectivity index is 2.29. The fourth-order valence-corrected chi connectivity index (χ4v) is 4.51. The molecular weight excluding hydrogens is 422 g/mol. The van der Waals surface area contributed by atoms with Crippen LogP contribution in [0.1, 0.15) is 32.8 Å². The van der Waals surface area contributed by atoms with Gasteiger partial charge in [0, 0.05) is 22.6 Å². The van der Waals surface area contributed by atoms with Gasteiger partial charge in [0.15, 0.2) is 0 Å². The number of hydrogen-bond donors (Lipinski definition) is 2. The van der Waals surface area contributed by atoms with Crippen molar-refractivity contribution in [3.05, 3.63) is 65.3 Å². The zero-order valence-electron chi connectivity index (χ0n) is 17.4. The molecule has 0 unspecified atom stereocenters. The highest BCUT2D eigenvalue weighted by Crippen LogP contribution is 2.37. The minimum absolute atomic E-state index is 0.0417. The first-order chi connectivity index (χ1) is 14.1. The van der Waals surface area contributed by atoms with Crippen molar-refractivity contribution in [1.82, 2.24) is 9.88 Å². The highest BCUT2D eigenvalue weighted by Gasteiger charge is 2.41. The van der Waals surface area contributed by atoms with Crippen molar-refractivity contribution >= 4 is 44.1 Å². The highest BCUT2D eigenvalue weighted by atomic mass is 35.5. The molecule has 0 aliphatic rings. The van der Waals surface area contributed by atoms with E-state index < -0.39 is 15.6 Å². The van der Waals surface area contributed by atoms with Crippen molar-refractivity contribution in [3.8, 4) is 0 Å². The molecule has 1 aromatic heterocycles. The van der Waals surface area contributed by atoms with Gasteiger partial charge in [0.2, 0.25) is 10.0 Å². The van der Waals surface area contributed by atoms with Crippen molar-refractivity contribution in [2.75, 3.05) is 11.0 Å². The second-order valence-corrected chi connectivity index (χ2v) is 9.83. The summed E-state index contributed by atoms with van der Waals surface area (Å²) in [6, 6.07) is 14.4. The second-order valence-electron chi connectivity index (χ2n) is 7.65. The average Bonchev–Trinajstić information content (AvgIpc) is 3.08. The number of aromatic nitrogens is 1. The molecule has 0 radical (unpaired) electrons. The lowest BCUT2D eigenvalue weighted by atomic mass is 9.85. The summed E-state index contributed by atoms with van der Waals surface area (Å²) in [5.41, 5.74) is 0.991. The Morgan fingerprint density at radius 3 is 2.37 bits per heavy atom. The third-order valence-corrected chi connectivity index (χ3v) is 5.91. The maximum atomic E-state index is 13.6. The van der Waals surface area contributed by atoms with E-state index in [4.69, 9.17) is 11.6 Å². The minimum Gasteiger partial charge on any atom is -0.352 e. The summed E-state index contributed by atoms with van der Waals surface area (Å²) in [4.78, 5) is 13.6. The predicted molar refractivity (Wildman–Crippen MR) is 123 cm³/mol. The molecule has 0 aliphatic heterocycles. The zero-order valence-corrected chi connectivity index (χ0v) is 19.0. The molecule has 160 valence electrons. The molecule has 0 bridgehead atoms. The Labute approximate surface area is 182 Å². The zero-order chi connectivity index (χ0) is 22.1. The third kappa shape index (κ3) is 4.18. The number of nitrogens with one attached hydrogen (secondary N) is 2. The SMILES string of the molecule is CC[C@](C(=O)NC(C)C)(c1ccc(Cl)cc1)n1ccc2c(NS(C)(=O)=O)cccc21. The van der Waals surface area contributed by atoms with E-state index in [9.17, 15) is 13.2 Å². The lowest BCUT2D eigenvalue weighted by molar-refractivity contribution is -0.128. The Bertz CT molecular complexity index is 1170. The van der Waals surface area contributed by atoms with Gasteiger partial charge in [-0.15, -0.1) is 0 Å². The number of nitrogens with zero attached hydrogens (tertiary/aromatic N) is 1. The summed E-state index contributed by atoms with van der Waals surface area (Å²) in [5.74, 6) is -0.138. The number of amides is 1. The van der Waals surface area contributed by atoms with Crippen molar-refractivity contribution in [2.45, 2.75) is 38.8 Å². The van der Waals surface area contributed by atoms with Crippen LogP contribution >= 0.6 is 11.6 Å². The van der Waals surface area contributed by atoms with Crippen LogP contribution in [-0.4, -0.2) is 31.2 Å². The minimum atomic E-state index is -3.44. The topological polar surface area (TPSA) is 80.2 Å². The number of benzene rings is 2. The normalized spacial score (nSPS) is 13.9. The van der Waals surface area contributed by atoms with Crippen LogP contribution in [0, 0.1) is 0 Å². The van der Waals surface area contributed by atoms with Crippen LogP contribution in [0.25, 0.3) is 10.9 Å². The average molecular weight is 448 g/mol. The maximum absolute atomic E-state index is 13.6. The lowest BCUT2D eigenvalue weighted by Gasteiger charge is -2.35. The van der Waals surface area contributed by atoms with E-state index in [-0.39, 0.29) is 11.9 Å². The third-order valence-electron chi connectivity index (χ3n) is 5.07. The fourth-order valence-electron chi connectivity index (χ4n) is 3.81. The molecule has 6 nitrogen and oxygen atoms in total. The quantitative estimate of drug-likeness (QED) is 0.565. The number of halogens is 1. The first-order valence-corrected chi connectivity index (χ1v) is 12.0. The second kappa shape index (κ2) is 8.32. The Morgan fingerprint density at radius 1 is 1.13 bits per heavy atom. The van der Waals surface area contributed by atoms with Crippen molar-refractivity contribution in [1.29, 1.82) is 0 Å². The van der Waals surface area contributed by atoms with Gasteiger partial charge in [-0.3, -0.25) is 9.52 Å². The van der Waals surface area contributed by atoms with Crippen molar-refractivity contribution < 1.29 is 13.2 Å². The van der Waals surface area contributed by atoms with E-state index in [0.29, 0.717) is 22.5 Å². The van der Waals surface area contributed by atoms with Gasteiger partial charge >= 0.3 is 0 Å². The fraction of sp³-hybridized carbons (Fsp3) is 0.318. The van der Waals surface area contributed by atoms with E-state index >= 15 is 0 Å². The smallest absolute Gasteiger partial charge is 0.251 e. The molecule has 30 heavy (non-hydrogen) atoms. The summed E-state index contributed by atoms with van der Waals surface area (Å²) in [6.45, 7) is 5.79. The van der Waals surface area contributed by atoms with Gasteiger partial charge in [-0.25, -0.2) is 8.42 Å². The summed E-state index contributed by atoms with van der Waals surface area (Å²) in [6.07, 6.45) is 3.43. The van der Waals surface area contributed by atoms with Gasteiger partial charge in [0.1, 0.15) is 5.54 Å². The van der Waals surface area contributed by atoms with Crippen LogP contribution in [0.5, 0.6) is 0 Å². The van der Waals surface area contributed by atoms with Crippen LogP contribution in [0.2, 0.25) is 5.02 Å². The summed E-state index contributed by atoms with van der Waals surface area (Å²) in [7, 11) is -3.44. The number of carbonyl (C=O) groups is 1. The maximum Gasteiger partial charge on any atom is 0.251 e. The highest BCUT2D eigenvalue weighted by molar-refractivity contribution is 7.92. The number of sulfonamides is 1. The van der Waals surface area contributed by atoms with Gasteiger partial charge < -0.3 is 9.88 Å². The number of rotatable bonds is 7. The molecule has 0 spiro atoms. The van der Waals surface area contributed by atoms with E-state index in [2.05, 4.69) is 10.0 Å². The number of carbonyl (C=O) groups excluding carboxylic acids is 1. The number of hydrogen-bond acceptors (Lipinski definition) is 3. The Hall–Kier alpha value is -2.51. The number of anilines is 1. The Morgan fingerprint density at radius 2 is 1.80 bits per heavy atom. The lowest BCUT2D eigenvalue weighted by Crippen LogP contribution is -2.51. The summed E-state index contributed by atoms with van der Waals surface area (Å²) >= 11 is 6.10. The molecule has 0 aliphatic carbocycles. The van der Waals surface area contributed by atoms with Crippen LogP contribution < -0.4 is 10.0 Å². The number of fused-ring (bicyclic) bond motifs is 1. The largest absolute Gasteiger partial charge is 0.352 e. The van der Waals surface area contributed by atoms with E-state index in [1.807, 2.05) is 55.8 Å². The van der Waals surface area contributed by atoms with Gasteiger partial charge in [-0.1, -0.05) is 36.7 Å². The van der Waals surface area contributed by atoms with Crippen LogP contribution in [0.15, 0.2) is 54.7 Å². The summed E-state index contributed by atoms with van der Waals surface area (Å²) < 4.78 is 28.1. The van der Waals surface area contributed by atoms with Gasteiger partial charge in [0.25, 0.3) is 5.91 Å². The van der Waals surface area contributed by atoms with Crippen LogP contribution in [0.4, 0.5) is 5.69 Å². The monoisotopic (exact) mass is 447 g/mol. The van der Waals surface area contributed by atoms with Gasteiger partial charge in [-0.05, 0) is 56.2 Å². The molecule has 3 aromatic rings. The predicted octanol–water partition coefficient (Wildman–Crippen LogP) is 4.34. The molecule has 2 N–H and O–H groups in total. The molecule has 0 saturated carbocycles. The molecule has 1 heterocycles. The van der Waals surface area contributed by atoms with Crippen molar-refractivity contribution in [3.63, 3.8) is 0 Å². The van der Waals surface area contributed by atoms with E-state index in [1.54, 1.807) is 24.3 Å². The first-order valence-electron chi connectivity index (χ1n) is 9.74. The van der Waals surface area contributed by atoms with E-state index in [0.717, 1.165) is 17.3 Å². The van der Waals surface area contributed by atoms with Crippen LogP contribution in [0.3, 0.4) is 0 Å².